The SMILES string of the molecule is COC(=O)c1cc(N2C[C@@H](c3ccccc3)O[C@@H](C(C)C)C2)ncn1. The zero-order valence-electron chi connectivity index (χ0n) is 14.8. The number of hydrogen-bond acceptors (Lipinski definition) is 6. The Hall–Kier alpha value is -2.47. The third-order valence-corrected chi connectivity index (χ3v) is 4.41. The minimum absolute atomic E-state index is 0.0427. The van der Waals surface area contributed by atoms with Crippen LogP contribution in [0.5, 0.6) is 0 Å². The first-order valence-electron chi connectivity index (χ1n) is 8.44. The third-order valence-electron chi connectivity index (χ3n) is 4.41. The lowest BCUT2D eigenvalue weighted by Gasteiger charge is -2.40. The molecule has 1 fully saturated rings. The molecule has 0 unspecified atom stereocenters. The average Bonchev–Trinajstić information content (AvgIpc) is 2.67. The smallest absolute Gasteiger partial charge is 0.356 e. The predicted octanol–water partition coefficient (Wildman–Crippen LogP) is 2.87. The fourth-order valence-electron chi connectivity index (χ4n) is 2.93. The van der Waals surface area contributed by atoms with E-state index in [4.69, 9.17) is 9.47 Å². The summed E-state index contributed by atoms with van der Waals surface area (Å²) in [5, 5.41) is 0. The van der Waals surface area contributed by atoms with E-state index in [-0.39, 0.29) is 17.9 Å². The van der Waals surface area contributed by atoms with Crippen molar-refractivity contribution in [1.82, 2.24) is 9.97 Å². The number of aromatic nitrogens is 2. The number of nitrogens with zero attached hydrogens (tertiary/aromatic N) is 3. The Morgan fingerprint density at radius 2 is 2.00 bits per heavy atom. The molecule has 0 bridgehead atoms. The maximum absolute atomic E-state index is 11.8. The van der Waals surface area contributed by atoms with Crippen molar-refractivity contribution in [3.63, 3.8) is 0 Å². The molecule has 0 spiro atoms. The summed E-state index contributed by atoms with van der Waals surface area (Å²) < 4.78 is 11.1. The van der Waals surface area contributed by atoms with Gasteiger partial charge in [-0.3, -0.25) is 0 Å². The number of anilines is 1. The molecule has 6 nitrogen and oxygen atoms in total. The van der Waals surface area contributed by atoms with Crippen LogP contribution in [0.25, 0.3) is 0 Å². The average molecular weight is 341 g/mol. The van der Waals surface area contributed by atoms with E-state index in [1.165, 1.54) is 13.4 Å². The molecule has 2 heterocycles. The summed E-state index contributed by atoms with van der Waals surface area (Å²) in [5.74, 6) is 0.623. The minimum Gasteiger partial charge on any atom is -0.464 e. The van der Waals surface area contributed by atoms with E-state index in [0.29, 0.717) is 18.3 Å². The maximum atomic E-state index is 11.8. The molecule has 2 atom stereocenters. The molecule has 1 aliphatic rings. The maximum Gasteiger partial charge on any atom is 0.356 e. The van der Waals surface area contributed by atoms with Gasteiger partial charge in [-0.1, -0.05) is 44.2 Å². The molecule has 2 aromatic rings. The first-order chi connectivity index (χ1) is 12.1. The number of benzene rings is 1. The molecular formula is C19H23N3O3. The molecule has 0 aliphatic carbocycles. The van der Waals surface area contributed by atoms with Crippen LogP contribution < -0.4 is 4.90 Å². The highest BCUT2D eigenvalue weighted by molar-refractivity contribution is 5.87. The van der Waals surface area contributed by atoms with Crippen LogP contribution in [-0.2, 0) is 9.47 Å². The van der Waals surface area contributed by atoms with E-state index < -0.39 is 5.97 Å². The molecule has 132 valence electrons. The van der Waals surface area contributed by atoms with Gasteiger partial charge in [0.25, 0.3) is 0 Å². The minimum atomic E-state index is -0.461. The van der Waals surface area contributed by atoms with Crippen molar-refractivity contribution in [2.45, 2.75) is 26.1 Å². The summed E-state index contributed by atoms with van der Waals surface area (Å²) >= 11 is 0. The van der Waals surface area contributed by atoms with Gasteiger partial charge in [0, 0.05) is 19.2 Å². The van der Waals surface area contributed by atoms with Crippen molar-refractivity contribution in [2.75, 3.05) is 25.1 Å². The van der Waals surface area contributed by atoms with Crippen LogP contribution >= 0.6 is 0 Å². The Morgan fingerprint density at radius 1 is 1.24 bits per heavy atom. The Labute approximate surface area is 147 Å². The van der Waals surface area contributed by atoms with Gasteiger partial charge in [-0.2, -0.15) is 0 Å². The lowest BCUT2D eigenvalue weighted by atomic mass is 10.0. The topological polar surface area (TPSA) is 64.5 Å². The Morgan fingerprint density at radius 3 is 2.68 bits per heavy atom. The van der Waals surface area contributed by atoms with Crippen molar-refractivity contribution in [3.05, 3.63) is 54.0 Å². The van der Waals surface area contributed by atoms with Gasteiger partial charge in [0.2, 0.25) is 0 Å². The van der Waals surface area contributed by atoms with Gasteiger partial charge in [0.05, 0.1) is 13.2 Å². The molecule has 1 saturated heterocycles. The van der Waals surface area contributed by atoms with Gasteiger partial charge >= 0.3 is 5.97 Å². The van der Waals surface area contributed by atoms with Crippen LogP contribution in [0.4, 0.5) is 5.82 Å². The van der Waals surface area contributed by atoms with Crippen LogP contribution in [0.15, 0.2) is 42.7 Å². The van der Waals surface area contributed by atoms with Gasteiger partial charge < -0.3 is 14.4 Å². The van der Waals surface area contributed by atoms with E-state index in [2.05, 4.69) is 40.8 Å². The Kier molecular flexibility index (Phi) is 5.28. The Bertz CT molecular complexity index is 721. The Balaban J connectivity index is 1.88. The number of methoxy groups -OCH3 is 1. The van der Waals surface area contributed by atoms with E-state index in [1.807, 2.05) is 18.2 Å². The second-order valence-corrected chi connectivity index (χ2v) is 6.48. The fraction of sp³-hybridized carbons (Fsp3) is 0.421. The summed E-state index contributed by atoms with van der Waals surface area (Å²) in [6, 6.07) is 11.9. The molecule has 0 amide bonds. The molecular weight excluding hydrogens is 318 g/mol. The van der Waals surface area contributed by atoms with E-state index in [0.717, 1.165) is 12.1 Å². The summed E-state index contributed by atoms with van der Waals surface area (Å²) in [6.07, 6.45) is 1.44. The first kappa shape index (κ1) is 17.4. The fourth-order valence-corrected chi connectivity index (χ4v) is 2.93. The van der Waals surface area contributed by atoms with Crippen molar-refractivity contribution in [3.8, 4) is 0 Å². The van der Waals surface area contributed by atoms with Crippen LogP contribution in [0.1, 0.15) is 36.0 Å². The standard InChI is InChI=1S/C19H23N3O3/c1-13(2)16-10-22(11-17(25-16)14-7-5-4-6-8-14)18-9-15(19(23)24-3)20-12-21-18/h4-9,12-13,16-17H,10-11H2,1-3H3/t16-,17+/m1/s1. The summed E-state index contributed by atoms with van der Waals surface area (Å²) in [7, 11) is 1.35. The predicted molar refractivity (Wildman–Crippen MR) is 94.5 cm³/mol. The number of rotatable bonds is 4. The van der Waals surface area contributed by atoms with Crippen molar-refractivity contribution in [2.24, 2.45) is 5.92 Å². The number of ether oxygens (including phenoxy) is 2. The number of esters is 1. The van der Waals surface area contributed by atoms with E-state index in [9.17, 15) is 4.79 Å². The van der Waals surface area contributed by atoms with Crippen molar-refractivity contribution in [1.29, 1.82) is 0 Å². The summed E-state index contributed by atoms with van der Waals surface area (Å²) in [6.45, 7) is 5.69. The molecule has 6 heteroatoms. The molecule has 25 heavy (non-hydrogen) atoms. The van der Waals surface area contributed by atoms with E-state index >= 15 is 0 Å². The monoisotopic (exact) mass is 341 g/mol. The van der Waals surface area contributed by atoms with Gasteiger partial charge in [0.15, 0.2) is 5.69 Å². The van der Waals surface area contributed by atoms with Crippen molar-refractivity contribution < 1.29 is 14.3 Å². The molecule has 0 saturated carbocycles. The number of carbonyl (C=O) groups excluding carboxylic acids is 1. The third kappa shape index (κ3) is 3.96. The van der Waals surface area contributed by atoms with Crippen molar-refractivity contribution >= 4 is 11.8 Å². The van der Waals surface area contributed by atoms with Crippen LogP contribution in [0.2, 0.25) is 0 Å². The highest BCUT2D eigenvalue weighted by atomic mass is 16.5. The number of morpholine rings is 1. The lowest BCUT2D eigenvalue weighted by Crippen LogP contribution is -2.46. The van der Waals surface area contributed by atoms with E-state index in [1.54, 1.807) is 6.07 Å². The van der Waals surface area contributed by atoms with Crippen LogP contribution in [0, 0.1) is 5.92 Å². The molecule has 1 aliphatic heterocycles. The highest BCUT2D eigenvalue weighted by Gasteiger charge is 2.31. The zero-order valence-corrected chi connectivity index (χ0v) is 14.8. The second kappa shape index (κ2) is 7.61. The normalized spacial score (nSPS) is 20.6. The zero-order chi connectivity index (χ0) is 17.8. The number of hydrogen-bond donors (Lipinski definition) is 0. The highest BCUT2D eigenvalue weighted by Crippen LogP contribution is 2.30. The molecule has 1 aromatic carbocycles. The summed E-state index contributed by atoms with van der Waals surface area (Å²) in [5.41, 5.74) is 1.40. The largest absolute Gasteiger partial charge is 0.464 e. The summed E-state index contributed by atoms with van der Waals surface area (Å²) in [4.78, 5) is 22.2. The van der Waals surface area contributed by atoms with Gasteiger partial charge in [0.1, 0.15) is 18.2 Å². The molecule has 0 radical (unpaired) electrons. The van der Waals surface area contributed by atoms with Crippen LogP contribution in [-0.4, -0.2) is 42.2 Å². The lowest BCUT2D eigenvalue weighted by molar-refractivity contribution is -0.0501. The quantitative estimate of drug-likeness (QED) is 0.797. The number of carbonyl (C=O) groups is 1. The van der Waals surface area contributed by atoms with Gasteiger partial charge in [-0.15, -0.1) is 0 Å². The molecule has 0 N–H and O–H groups in total. The molecule has 3 rings (SSSR count). The molecule has 1 aromatic heterocycles. The second-order valence-electron chi connectivity index (χ2n) is 6.48. The van der Waals surface area contributed by atoms with Gasteiger partial charge in [-0.05, 0) is 11.5 Å². The van der Waals surface area contributed by atoms with Crippen LogP contribution in [0.3, 0.4) is 0 Å². The first-order valence-corrected chi connectivity index (χ1v) is 8.44. The van der Waals surface area contributed by atoms with Gasteiger partial charge in [-0.25, -0.2) is 14.8 Å².